The second-order valence-electron chi connectivity index (χ2n) is 0.957. The third kappa shape index (κ3) is 4.33. The highest BCUT2D eigenvalue weighted by Gasteiger charge is 1.91. The zero-order chi connectivity index (χ0) is 6.57. The Morgan fingerprint density at radius 1 is 1.62 bits per heavy atom. The van der Waals surface area contributed by atoms with Gasteiger partial charge in [-0.15, -0.1) is 0 Å². The van der Waals surface area contributed by atoms with Gasteiger partial charge in [-0.25, -0.2) is 4.79 Å². The molecule has 8 heavy (non-hydrogen) atoms. The molecule has 0 N–H and O–H groups in total. The third-order valence-corrected chi connectivity index (χ3v) is 0.886. The number of carbonyl (C=O) groups is 1. The van der Waals surface area contributed by atoms with Crippen molar-refractivity contribution in [3.05, 3.63) is 9.47 Å². The first-order chi connectivity index (χ1) is 3.66. The van der Waals surface area contributed by atoms with Gasteiger partial charge in [0.1, 0.15) is 0 Å². The fourth-order valence-corrected chi connectivity index (χ4v) is 0.522. The van der Waals surface area contributed by atoms with E-state index in [1.165, 1.54) is 13.2 Å². The minimum Gasteiger partial charge on any atom is -0.466 e. The van der Waals surface area contributed by atoms with Crippen LogP contribution < -0.4 is 0 Å². The molecular weight excluding hydrogens is 240 g/mol. The lowest BCUT2D eigenvalue weighted by Crippen LogP contribution is -1.93. The summed E-state index contributed by atoms with van der Waals surface area (Å²) in [6.07, 6.45) is 1.28. The van der Waals surface area contributed by atoms with Crippen molar-refractivity contribution >= 4 is 37.8 Å². The Bertz CT molecular complexity index is 115. The van der Waals surface area contributed by atoms with Crippen LogP contribution in [0.2, 0.25) is 0 Å². The van der Waals surface area contributed by atoms with Gasteiger partial charge >= 0.3 is 5.97 Å². The highest BCUT2D eigenvalue weighted by molar-refractivity contribution is 9.28. The van der Waals surface area contributed by atoms with E-state index < -0.39 is 0 Å². The zero-order valence-corrected chi connectivity index (χ0v) is 7.32. The van der Waals surface area contributed by atoms with Crippen LogP contribution in [0, 0.1) is 0 Å². The molecule has 0 aromatic carbocycles. The summed E-state index contributed by atoms with van der Waals surface area (Å²) in [6, 6.07) is 0. The van der Waals surface area contributed by atoms with Crippen molar-refractivity contribution in [2.45, 2.75) is 0 Å². The highest BCUT2D eigenvalue weighted by atomic mass is 79.9. The van der Waals surface area contributed by atoms with Crippen LogP contribution in [0.1, 0.15) is 0 Å². The van der Waals surface area contributed by atoms with Crippen molar-refractivity contribution in [2.24, 2.45) is 0 Å². The van der Waals surface area contributed by atoms with Gasteiger partial charge in [-0.2, -0.15) is 0 Å². The molecule has 0 fully saturated rings. The molecule has 0 aliphatic heterocycles. The molecule has 0 saturated heterocycles. The summed E-state index contributed by atoms with van der Waals surface area (Å²) in [5.41, 5.74) is 0. The third-order valence-electron chi connectivity index (χ3n) is 0.428. The molecule has 0 bridgehead atoms. The van der Waals surface area contributed by atoms with E-state index in [-0.39, 0.29) is 5.97 Å². The SMILES string of the molecule is COC(=O)C=C(Br)Br. The monoisotopic (exact) mass is 242 g/mol. The van der Waals surface area contributed by atoms with Crippen molar-refractivity contribution in [2.75, 3.05) is 7.11 Å². The van der Waals surface area contributed by atoms with E-state index >= 15 is 0 Å². The van der Waals surface area contributed by atoms with Crippen LogP contribution >= 0.6 is 31.9 Å². The molecule has 4 heteroatoms. The Balaban J connectivity index is 3.70. The average molecular weight is 244 g/mol. The maximum Gasteiger partial charge on any atom is 0.332 e. The molecule has 0 unspecified atom stereocenters. The highest BCUT2D eigenvalue weighted by Crippen LogP contribution is 2.11. The molecule has 0 amide bonds. The van der Waals surface area contributed by atoms with E-state index in [1.807, 2.05) is 0 Å². The summed E-state index contributed by atoms with van der Waals surface area (Å²) >= 11 is 5.99. The van der Waals surface area contributed by atoms with Crippen LogP contribution in [-0.2, 0) is 9.53 Å². The first-order valence-electron chi connectivity index (χ1n) is 1.77. The first-order valence-corrected chi connectivity index (χ1v) is 3.36. The van der Waals surface area contributed by atoms with E-state index in [0.29, 0.717) is 3.39 Å². The van der Waals surface area contributed by atoms with Crippen LogP contribution in [0.4, 0.5) is 0 Å². The second-order valence-corrected chi connectivity index (χ2v) is 3.73. The normalized spacial score (nSPS) is 7.88. The largest absolute Gasteiger partial charge is 0.466 e. The number of halogens is 2. The minimum absolute atomic E-state index is 0.381. The van der Waals surface area contributed by atoms with Gasteiger partial charge in [0.25, 0.3) is 0 Å². The molecule has 0 aliphatic carbocycles. The Hall–Kier alpha value is 0.170. The number of carbonyl (C=O) groups excluding carboxylic acids is 1. The molecule has 0 atom stereocenters. The standard InChI is InChI=1S/C4H4Br2O2/c1-8-4(7)2-3(5)6/h2H,1H3. The van der Waals surface area contributed by atoms with Gasteiger partial charge in [0.15, 0.2) is 0 Å². The van der Waals surface area contributed by atoms with E-state index in [4.69, 9.17) is 0 Å². The molecule has 0 saturated carbocycles. The molecular formula is C4H4Br2O2. The van der Waals surface area contributed by atoms with Crippen molar-refractivity contribution in [1.29, 1.82) is 0 Å². The van der Waals surface area contributed by atoms with Crippen molar-refractivity contribution in [3.8, 4) is 0 Å². The van der Waals surface area contributed by atoms with E-state index in [1.54, 1.807) is 0 Å². The summed E-state index contributed by atoms with van der Waals surface area (Å²) in [4.78, 5) is 10.3. The molecule has 46 valence electrons. The lowest BCUT2D eigenvalue weighted by atomic mass is 10.7. The summed E-state index contributed by atoms with van der Waals surface area (Å²) in [5, 5.41) is 0. The van der Waals surface area contributed by atoms with Crippen molar-refractivity contribution in [3.63, 3.8) is 0 Å². The quantitative estimate of drug-likeness (QED) is 0.519. The minimum atomic E-state index is -0.381. The maximum atomic E-state index is 10.3. The average Bonchev–Trinajstić information content (AvgIpc) is 1.65. The molecule has 0 heterocycles. The number of methoxy groups -OCH3 is 1. The number of esters is 1. The van der Waals surface area contributed by atoms with Gasteiger partial charge in [-0.1, -0.05) is 0 Å². The number of hydrogen-bond donors (Lipinski definition) is 0. The van der Waals surface area contributed by atoms with Gasteiger partial charge in [-0.05, 0) is 31.9 Å². The number of rotatable bonds is 1. The van der Waals surface area contributed by atoms with E-state index in [0.717, 1.165) is 0 Å². The summed E-state index contributed by atoms with van der Waals surface area (Å²) in [6.45, 7) is 0. The zero-order valence-electron chi connectivity index (χ0n) is 4.15. The van der Waals surface area contributed by atoms with E-state index in [2.05, 4.69) is 36.6 Å². The Labute approximate surface area is 64.2 Å². The Kier molecular flexibility index (Phi) is 4.18. The lowest BCUT2D eigenvalue weighted by molar-refractivity contribution is -0.134. The second kappa shape index (κ2) is 4.09. The summed E-state index contributed by atoms with van der Waals surface area (Å²) in [7, 11) is 1.32. The van der Waals surface area contributed by atoms with Gasteiger partial charge in [-0.3, -0.25) is 0 Å². The van der Waals surface area contributed by atoms with Crippen LogP contribution in [0.25, 0.3) is 0 Å². The molecule has 0 aromatic rings. The van der Waals surface area contributed by atoms with Crippen molar-refractivity contribution in [1.82, 2.24) is 0 Å². The summed E-state index contributed by atoms with van der Waals surface area (Å²) < 4.78 is 4.87. The first kappa shape index (κ1) is 8.17. The van der Waals surface area contributed by atoms with Crippen LogP contribution in [0.5, 0.6) is 0 Å². The van der Waals surface area contributed by atoms with E-state index in [9.17, 15) is 4.79 Å². The smallest absolute Gasteiger partial charge is 0.332 e. The van der Waals surface area contributed by atoms with Gasteiger partial charge in [0.2, 0.25) is 0 Å². The predicted octanol–water partition coefficient (Wildman–Crippen LogP) is 1.79. The molecule has 0 aliphatic rings. The predicted molar refractivity (Wildman–Crippen MR) is 38.0 cm³/mol. The topological polar surface area (TPSA) is 26.3 Å². The van der Waals surface area contributed by atoms with Crippen LogP contribution in [0.3, 0.4) is 0 Å². The molecule has 0 spiro atoms. The fourth-order valence-electron chi connectivity index (χ4n) is 0.148. The van der Waals surface area contributed by atoms with Crippen molar-refractivity contribution < 1.29 is 9.53 Å². The Morgan fingerprint density at radius 3 is 2.25 bits per heavy atom. The fraction of sp³-hybridized carbons (Fsp3) is 0.250. The molecule has 2 nitrogen and oxygen atoms in total. The molecule has 0 aromatic heterocycles. The number of ether oxygens (including phenoxy) is 1. The molecule has 0 rings (SSSR count). The van der Waals surface area contributed by atoms with Gasteiger partial charge < -0.3 is 4.74 Å². The maximum absolute atomic E-state index is 10.3. The van der Waals surface area contributed by atoms with Gasteiger partial charge in [0.05, 0.1) is 10.5 Å². The lowest BCUT2D eigenvalue weighted by Gasteiger charge is -1.87. The van der Waals surface area contributed by atoms with Gasteiger partial charge in [0, 0.05) is 6.08 Å². The molecule has 0 radical (unpaired) electrons. The summed E-state index contributed by atoms with van der Waals surface area (Å²) in [5.74, 6) is -0.381. The van der Waals surface area contributed by atoms with Crippen LogP contribution in [-0.4, -0.2) is 13.1 Å². The number of hydrogen-bond acceptors (Lipinski definition) is 2. The van der Waals surface area contributed by atoms with Crippen LogP contribution in [0.15, 0.2) is 9.47 Å². The Morgan fingerprint density at radius 2 is 2.12 bits per heavy atom.